The van der Waals surface area contributed by atoms with E-state index >= 15 is 0 Å². The minimum Gasteiger partial charge on any atom is -0.409 e. The lowest BCUT2D eigenvalue weighted by molar-refractivity contribution is 0.115. The van der Waals surface area contributed by atoms with Crippen molar-refractivity contribution in [1.29, 1.82) is 0 Å². The molecule has 1 aliphatic rings. The third-order valence-corrected chi connectivity index (χ3v) is 14.1. The van der Waals surface area contributed by atoms with Crippen LogP contribution in [0.5, 0.6) is 0 Å². The predicted octanol–water partition coefficient (Wildman–Crippen LogP) is 9.95. The molecule has 1 heterocycles. The van der Waals surface area contributed by atoms with Crippen molar-refractivity contribution in [3.63, 3.8) is 0 Å². The number of unbranched alkanes of at least 4 members (excludes halogenated alkanes) is 13. The molecule has 0 unspecified atom stereocenters. The van der Waals surface area contributed by atoms with Crippen LogP contribution in [-0.2, 0) is 22.6 Å². The van der Waals surface area contributed by atoms with Crippen molar-refractivity contribution in [2.24, 2.45) is 0 Å². The van der Waals surface area contributed by atoms with E-state index in [1.54, 1.807) is 0 Å². The fourth-order valence-electron chi connectivity index (χ4n) is 4.44. The molecule has 1 fully saturated rings. The van der Waals surface area contributed by atoms with Gasteiger partial charge in [-0.15, -0.1) is 0 Å². The summed E-state index contributed by atoms with van der Waals surface area (Å²) in [7, 11) is -5.51. The topological polar surface area (TPSA) is 66.0 Å². The average molecular weight is 590 g/mol. The molecule has 1 saturated heterocycles. The summed E-state index contributed by atoms with van der Waals surface area (Å²) in [5, 5.41) is 3.75. The van der Waals surface area contributed by atoms with Crippen molar-refractivity contribution in [2.75, 3.05) is 26.4 Å². The molecule has 0 bridgehead atoms. The van der Waals surface area contributed by atoms with Crippen molar-refractivity contribution in [3.05, 3.63) is 12.2 Å². The SMILES string of the molecule is CCCCCCCCCCCCC/C=C/[C@@H](O[Si](C)(C)C(C)(C)C)[C@H](COP1(=O)OCCO1)NCCCCC. The fraction of sp³-hybridized carbons (Fsp3) is 0.935. The molecule has 0 aliphatic carbocycles. The van der Waals surface area contributed by atoms with Gasteiger partial charge in [0, 0.05) is 0 Å². The van der Waals surface area contributed by atoms with Crippen LogP contribution in [0.4, 0.5) is 0 Å². The molecule has 0 aromatic carbocycles. The number of hydrogen-bond donors (Lipinski definition) is 1. The second-order valence-corrected chi connectivity index (χ2v) is 19.2. The third kappa shape index (κ3) is 16.9. The van der Waals surface area contributed by atoms with Gasteiger partial charge in [0.05, 0.1) is 32.0 Å². The molecule has 232 valence electrons. The average Bonchev–Trinajstić information content (AvgIpc) is 3.31. The van der Waals surface area contributed by atoms with Gasteiger partial charge in [0.2, 0.25) is 0 Å². The third-order valence-electron chi connectivity index (χ3n) is 8.11. The minimum absolute atomic E-state index is 0.0904. The maximum Gasteiger partial charge on any atom is 0.475 e. The van der Waals surface area contributed by atoms with Crippen LogP contribution in [0, 0.1) is 0 Å². The van der Waals surface area contributed by atoms with Crippen LogP contribution in [0.3, 0.4) is 0 Å². The van der Waals surface area contributed by atoms with Gasteiger partial charge in [-0.05, 0) is 43.9 Å². The zero-order valence-electron chi connectivity index (χ0n) is 26.7. The van der Waals surface area contributed by atoms with E-state index in [2.05, 4.69) is 65.2 Å². The summed E-state index contributed by atoms with van der Waals surface area (Å²) in [6.07, 6.45) is 23.8. The Morgan fingerprint density at radius 2 is 1.36 bits per heavy atom. The molecular formula is C31H64NO5PSi. The summed E-state index contributed by atoms with van der Waals surface area (Å²) < 4.78 is 35.9. The van der Waals surface area contributed by atoms with Crippen LogP contribution in [-0.4, -0.2) is 46.8 Å². The number of phosphoric ester groups is 1. The van der Waals surface area contributed by atoms with E-state index in [4.69, 9.17) is 18.0 Å². The Hall–Kier alpha value is -0.0131. The maximum atomic E-state index is 12.7. The van der Waals surface area contributed by atoms with E-state index in [1.807, 2.05) is 0 Å². The zero-order valence-corrected chi connectivity index (χ0v) is 28.6. The minimum atomic E-state index is -3.46. The Morgan fingerprint density at radius 1 is 0.846 bits per heavy atom. The molecule has 0 spiro atoms. The monoisotopic (exact) mass is 589 g/mol. The highest BCUT2D eigenvalue weighted by Crippen LogP contribution is 2.52. The van der Waals surface area contributed by atoms with E-state index in [1.165, 1.54) is 83.5 Å². The van der Waals surface area contributed by atoms with Gasteiger partial charge in [-0.2, -0.15) is 0 Å². The molecule has 0 radical (unpaired) electrons. The second kappa shape index (κ2) is 20.8. The first-order chi connectivity index (χ1) is 18.5. The highest BCUT2D eigenvalue weighted by molar-refractivity contribution is 7.48. The van der Waals surface area contributed by atoms with E-state index in [0.29, 0.717) is 13.2 Å². The Kier molecular flexibility index (Phi) is 19.7. The smallest absolute Gasteiger partial charge is 0.409 e. The molecule has 6 nitrogen and oxygen atoms in total. The normalized spacial score (nSPS) is 17.7. The summed E-state index contributed by atoms with van der Waals surface area (Å²) in [6.45, 7) is 17.6. The van der Waals surface area contributed by atoms with E-state index in [-0.39, 0.29) is 23.8 Å². The molecule has 39 heavy (non-hydrogen) atoms. The largest absolute Gasteiger partial charge is 0.475 e. The quantitative estimate of drug-likeness (QED) is 0.0523. The lowest BCUT2D eigenvalue weighted by atomic mass is 10.0. The molecule has 0 aromatic heterocycles. The van der Waals surface area contributed by atoms with Crippen molar-refractivity contribution < 1.29 is 22.6 Å². The van der Waals surface area contributed by atoms with Gasteiger partial charge in [-0.25, -0.2) is 4.57 Å². The van der Waals surface area contributed by atoms with Crippen molar-refractivity contribution >= 4 is 16.1 Å². The lowest BCUT2D eigenvalue weighted by Crippen LogP contribution is -2.51. The van der Waals surface area contributed by atoms with Crippen LogP contribution in [0.15, 0.2) is 12.2 Å². The summed E-state index contributed by atoms with van der Waals surface area (Å²) in [6, 6.07) is -0.122. The van der Waals surface area contributed by atoms with Crippen molar-refractivity contribution in [3.8, 4) is 0 Å². The molecule has 1 aliphatic heterocycles. The Balaban J connectivity index is 2.67. The Bertz CT molecular complexity index is 672. The standard InChI is InChI=1S/C31H64NO5PSi/c1-8-10-12-13-14-15-16-17-18-19-20-21-22-24-30(37-39(6,7)31(3,4)5)29(32-25-23-11-9-2)28-36-38(33)34-26-27-35-38/h22,24,29-30,32H,8-21,23,25-28H2,1-7H3/b24-22+/t29-,30+/m0/s1. The van der Waals surface area contributed by atoms with Gasteiger partial charge in [-0.1, -0.05) is 124 Å². The van der Waals surface area contributed by atoms with Crippen LogP contribution in [0.2, 0.25) is 18.1 Å². The zero-order chi connectivity index (χ0) is 29.0. The molecule has 1 N–H and O–H groups in total. The molecule has 8 heteroatoms. The van der Waals surface area contributed by atoms with Gasteiger partial charge in [0.1, 0.15) is 0 Å². The number of hydrogen-bond acceptors (Lipinski definition) is 6. The molecule has 0 aromatic rings. The molecule has 2 atom stereocenters. The van der Waals surface area contributed by atoms with Gasteiger partial charge in [0.25, 0.3) is 0 Å². The van der Waals surface area contributed by atoms with Gasteiger partial charge in [-0.3, -0.25) is 13.6 Å². The summed E-state index contributed by atoms with van der Waals surface area (Å²) in [4.78, 5) is 0. The number of rotatable bonds is 24. The Morgan fingerprint density at radius 3 is 1.90 bits per heavy atom. The highest BCUT2D eigenvalue weighted by Gasteiger charge is 2.41. The van der Waals surface area contributed by atoms with Gasteiger partial charge >= 0.3 is 7.82 Å². The van der Waals surface area contributed by atoms with Crippen LogP contribution in [0.1, 0.15) is 131 Å². The van der Waals surface area contributed by atoms with Crippen LogP contribution < -0.4 is 5.32 Å². The van der Waals surface area contributed by atoms with Gasteiger partial charge < -0.3 is 9.74 Å². The Labute approximate surface area is 243 Å². The number of allylic oxidation sites excluding steroid dienone is 1. The number of phosphoric acid groups is 1. The second-order valence-electron chi connectivity index (χ2n) is 12.8. The first kappa shape index (κ1) is 37.0. The highest BCUT2D eigenvalue weighted by atomic mass is 31.2. The van der Waals surface area contributed by atoms with E-state index < -0.39 is 16.1 Å². The summed E-state index contributed by atoms with van der Waals surface area (Å²) >= 11 is 0. The first-order valence-corrected chi connectivity index (χ1v) is 20.5. The van der Waals surface area contributed by atoms with Crippen molar-refractivity contribution in [1.82, 2.24) is 5.32 Å². The lowest BCUT2D eigenvalue weighted by Gasteiger charge is -2.41. The summed E-state index contributed by atoms with van der Waals surface area (Å²) in [5.74, 6) is 0. The van der Waals surface area contributed by atoms with Crippen LogP contribution >= 0.6 is 7.82 Å². The fourth-order valence-corrected chi connectivity index (χ4v) is 6.88. The van der Waals surface area contributed by atoms with Crippen molar-refractivity contribution in [2.45, 2.75) is 161 Å². The molecule has 1 rings (SSSR count). The first-order valence-electron chi connectivity index (χ1n) is 16.2. The number of nitrogens with one attached hydrogen (secondary N) is 1. The molecule has 0 saturated carbocycles. The maximum absolute atomic E-state index is 12.7. The summed E-state index contributed by atoms with van der Waals surface area (Å²) in [5.41, 5.74) is 0. The van der Waals surface area contributed by atoms with Crippen LogP contribution in [0.25, 0.3) is 0 Å². The predicted molar refractivity (Wildman–Crippen MR) is 169 cm³/mol. The van der Waals surface area contributed by atoms with E-state index in [0.717, 1.165) is 19.4 Å². The molecular weight excluding hydrogens is 525 g/mol. The van der Waals surface area contributed by atoms with E-state index in [9.17, 15) is 4.57 Å². The van der Waals surface area contributed by atoms with Gasteiger partial charge in [0.15, 0.2) is 8.32 Å². The molecule has 0 amide bonds.